The summed E-state index contributed by atoms with van der Waals surface area (Å²) in [5.41, 5.74) is 0.675. The summed E-state index contributed by atoms with van der Waals surface area (Å²) in [4.78, 5) is 20.2. The molecule has 4 rings (SSSR count). The van der Waals surface area contributed by atoms with Crippen molar-refractivity contribution in [2.24, 2.45) is 0 Å². The van der Waals surface area contributed by atoms with E-state index in [0.717, 1.165) is 55.3 Å². The number of likely N-dealkylation sites (N-methyl/N-ethyl adjacent to an activating group) is 1. The summed E-state index contributed by atoms with van der Waals surface area (Å²) >= 11 is 0. The normalized spacial score (nSPS) is 16.1. The molecule has 0 aromatic carbocycles. The van der Waals surface area contributed by atoms with Gasteiger partial charge in [-0.05, 0) is 19.2 Å². The molecule has 7 nitrogen and oxygen atoms in total. The van der Waals surface area contributed by atoms with Crippen molar-refractivity contribution in [1.29, 1.82) is 0 Å². The average Bonchev–Trinajstić information content (AvgIpc) is 3.03. The van der Waals surface area contributed by atoms with Crippen LogP contribution >= 0.6 is 0 Å². The number of H-pyrrole nitrogens is 1. The summed E-state index contributed by atoms with van der Waals surface area (Å²) in [6, 6.07) is 4.15. The fourth-order valence-electron chi connectivity index (χ4n) is 2.92. The zero-order chi connectivity index (χ0) is 19.0. The summed E-state index contributed by atoms with van der Waals surface area (Å²) in [6.45, 7) is 3.76. The van der Waals surface area contributed by atoms with Gasteiger partial charge in [0, 0.05) is 38.4 Å². The van der Waals surface area contributed by atoms with E-state index < -0.39 is 11.7 Å². The van der Waals surface area contributed by atoms with Crippen LogP contribution in [0.15, 0.2) is 30.6 Å². The highest BCUT2D eigenvalue weighted by atomic mass is 19.4. The van der Waals surface area contributed by atoms with Crippen LogP contribution in [0.5, 0.6) is 0 Å². The molecule has 27 heavy (non-hydrogen) atoms. The van der Waals surface area contributed by atoms with Gasteiger partial charge in [0.2, 0.25) is 5.95 Å². The summed E-state index contributed by atoms with van der Waals surface area (Å²) in [5, 5.41) is 2.88. The maximum atomic E-state index is 12.6. The van der Waals surface area contributed by atoms with Crippen molar-refractivity contribution in [1.82, 2.24) is 24.8 Å². The fraction of sp³-hybridized carbons (Fsp3) is 0.353. The smallest absolute Gasteiger partial charge is 0.354 e. The standard InChI is InChI=1S/C17H18F3N7/c1-26-4-6-27(7-5-26)15-8-12-13(10-22-15)24-16(23-12)25-14-3-2-11(9-21-14)17(18,19)20/h2-3,8-10H,4-7H2,1H3,(H2,21,23,24,25). The Labute approximate surface area is 153 Å². The topological polar surface area (TPSA) is 73.0 Å². The molecule has 0 aliphatic carbocycles. The van der Waals surface area contributed by atoms with E-state index in [1.165, 1.54) is 6.07 Å². The van der Waals surface area contributed by atoms with Crippen LogP contribution in [-0.2, 0) is 6.18 Å². The van der Waals surface area contributed by atoms with Crippen molar-refractivity contribution in [3.63, 3.8) is 0 Å². The number of aromatic nitrogens is 4. The molecule has 3 aromatic rings. The van der Waals surface area contributed by atoms with Gasteiger partial charge >= 0.3 is 6.18 Å². The molecule has 1 aliphatic rings. The Morgan fingerprint density at radius 2 is 1.85 bits per heavy atom. The molecule has 2 N–H and O–H groups in total. The number of nitrogens with one attached hydrogen (secondary N) is 2. The Kier molecular flexibility index (Phi) is 4.34. The van der Waals surface area contributed by atoms with Crippen molar-refractivity contribution in [3.8, 4) is 0 Å². The summed E-state index contributed by atoms with van der Waals surface area (Å²) in [6.07, 6.45) is -1.91. The lowest BCUT2D eigenvalue weighted by Gasteiger charge is -2.33. The summed E-state index contributed by atoms with van der Waals surface area (Å²) in [7, 11) is 2.09. The number of rotatable bonds is 3. The van der Waals surface area contributed by atoms with E-state index in [1.807, 2.05) is 6.07 Å². The van der Waals surface area contributed by atoms with E-state index in [2.05, 4.69) is 42.1 Å². The number of pyridine rings is 2. The molecule has 0 saturated carbocycles. The zero-order valence-corrected chi connectivity index (χ0v) is 14.6. The third kappa shape index (κ3) is 3.80. The molecule has 10 heteroatoms. The van der Waals surface area contributed by atoms with Gasteiger partial charge in [0.05, 0.1) is 22.8 Å². The lowest BCUT2D eigenvalue weighted by atomic mass is 10.3. The number of fused-ring (bicyclic) bond motifs is 1. The molecule has 0 radical (unpaired) electrons. The van der Waals surface area contributed by atoms with Gasteiger partial charge in [-0.2, -0.15) is 13.2 Å². The Bertz CT molecular complexity index is 928. The number of nitrogens with zero attached hydrogens (tertiary/aromatic N) is 5. The third-order valence-electron chi connectivity index (χ3n) is 4.52. The lowest BCUT2D eigenvalue weighted by molar-refractivity contribution is -0.137. The first-order valence-corrected chi connectivity index (χ1v) is 8.48. The number of hydrogen-bond donors (Lipinski definition) is 2. The Balaban J connectivity index is 1.51. The molecule has 4 heterocycles. The Morgan fingerprint density at radius 3 is 2.52 bits per heavy atom. The van der Waals surface area contributed by atoms with Gasteiger partial charge < -0.3 is 20.1 Å². The van der Waals surface area contributed by atoms with Gasteiger partial charge in [-0.25, -0.2) is 15.0 Å². The molecule has 1 aliphatic heterocycles. The van der Waals surface area contributed by atoms with Crippen molar-refractivity contribution < 1.29 is 13.2 Å². The molecule has 0 spiro atoms. The minimum absolute atomic E-state index is 0.273. The number of hydrogen-bond acceptors (Lipinski definition) is 6. The molecule has 1 saturated heterocycles. The van der Waals surface area contributed by atoms with Crippen LogP contribution in [-0.4, -0.2) is 58.1 Å². The van der Waals surface area contributed by atoms with Gasteiger partial charge in [-0.3, -0.25) is 0 Å². The SMILES string of the molecule is CN1CCN(c2cc3nc(Nc4ccc(C(F)(F)F)cn4)[nH]c3cn2)CC1. The molecule has 0 unspecified atom stereocenters. The van der Waals surface area contributed by atoms with Gasteiger partial charge in [0.1, 0.15) is 11.6 Å². The Hall–Kier alpha value is -2.88. The van der Waals surface area contributed by atoms with Gasteiger partial charge in [-0.1, -0.05) is 0 Å². The number of imidazole rings is 1. The number of piperazine rings is 1. The minimum Gasteiger partial charge on any atom is -0.354 e. The van der Waals surface area contributed by atoms with Crippen LogP contribution in [0.3, 0.4) is 0 Å². The first-order valence-electron chi connectivity index (χ1n) is 8.48. The number of halogens is 3. The van der Waals surface area contributed by atoms with Crippen LogP contribution in [0.4, 0.5) is 30.8 Å². The Morgan fingerprint density at radius 1 is 1.07 bits per heavy atom. The highest BCUT2D eigenvalue weighted by molar-refractivity contribution is 5.80. The van der Waals surface area contributed by atoms with Crippen molar-refractivity contribution >= 4 is 28.6 Å². The highest BCUT2D eigenvalue weighted by Gasteiger charge is 2.30. The average molecular weight is 377 g/mol. The molecule has 0 amide bonds. The van der Waals surface area contributed by atoms with Gasteiger partial charge in [0.25, 0.3) is 0 Å². The summed E-state index contributed by atoms with van der Waals surface area (Å²) in [5.74, 6) is 1.53. The molecule has 142 valence electrons. The minimum atomic E-state index is -4.41. The van der Waals surface area contributed by atoms with E-state index in [0.29, 0.717) is 5.95 Å². The fourth-order valence-corrected chi connectivity index (χ4v) is 2.92. The number of alkyl halides is 3. The van der Waals surface area contributed by atoms with Gasteiger partial charge in [0.15, 0.2) is 0 Å². The van der Waals surface area contributed by atoms with E-state index >= 15 is 0 Å². The second kappa shape index (κ2) is 6.69. The van der Waals surface area contributed by atoms with E-state index in [1.54, 1.807) is 6.20 Å². The van der Waals surface area contributed by atoms with Gasteiger partial charge in [-0.15, -0.1) is 0 Å². The monoisotopic (exact) mass is 377 g/mol. The maximum absolute atomic E-state index is 12.6. The molecule has 0 atom stereocenters. The van der Waals surface area contributed by atoms with Crippen LogP contribution < -0.4 is 10.2 Å². The van der Waals surface area contributed by atoms with Crippen LogP contribution in [0, 0.1) is 0 Å². The maximum Gasteiger partial charge on any atom is 0.417 e. The first-order chi connectivity index (χ1) is 12.9. The van der Waals surface area contributed by atoms with E-state index in [4.69, 9.17) is 0 Å². The van der Waals surface area contributed by atoms with Crippen molar-refractivity contribution in [3.05, 3.63) is 36.2 Å². The molecular formula is C17H18F3N7. The molecule has 3 aromatic heterocycles. The predicted octanol–water partition coefficient (Wildman–Crippen LogP) is 2.87. The quantitative estimate of drug-likeness (QED) is 0.731. The predicted molar refractivity (Wildman–Crippen MR) is 96.1 cm³/mol. The van der Waals surface area contributed by atoms with E-state index in [9.17, 15) is 13.2 Å². The third-order valence-corrected chi connectivity index (χ3v) is 4.52. The molecule has 0 bridgehead atoms. The van der Waals surface area contributed by atoms with Crippen molar-refractivity contribution in [2.45, 2.75) is 6.18 Å². The van der Waals surface area contributed by atoms with E-state index in [-0.39, 0.29) is 5.82 Å². The number of anilines is 3. The van der Waals surface area contributed by atoms with Crippen LogP contribution in [0.2, 0.25) is 0 Å². The van der Waals surface area contributed by atoms with Crippen LogP contribution in [0.25, 0.3) is 11.0 Å². The molecule has 1 fully saturated rings. The first kappa shape index (κ1) is 17.5. The zero-order valence-electron chi connectivity index (χ0n) is 14.6. The largest absolute Gasteiger partial charge is 0.417 e. The second-order valence-electron chi connectivity index (χ2n) is 6.49. The second-order valence-corrected chi connectivity index (χ2v) is 6.49. The highest BCUT2D eigenvalue weighted by Crippen LogP contribution is 2.29. The van der Waals surface area contributed by atoms with Crippen LogP contribution in [0.1, 0.15) is 5.56 Å². The lowest BCUT2D eigenvalue weighted by Crippen LogP contribution is -2.44. The summed E-state index contributed by atoms with van der Waals surface area (Å²) < 4.78 is 37.8. The molecular weight excluding hydrogens is 359 g/mol. The number of aromatic amines is 1. The van der Waals surface area contributed by atoms with Crippen molar-refractivity contribution in [2.75, 3.05) is 43.4 Å².